The van der Waals surface area contributed by atoms with Gasteiger partial charge >= 0.3 is 5.97 Å². The van der Waals surface area contributed by atoms with Crippen molar-refractivity contribution in [3.05, 3.63) is 68.9 Å². The summed E-state index contributed by atoms with van der Waals surface area (Å²) < 4.78 is 23.3. The van der Waals surface area contributed by atoms with Gasteiger partial charge in [0.25, 0.3) is 0 Å². The quantitative estimate of drug-likeness (QED) is 0.314. The molecule has 40 heavy (non-hydrogen) atoms. The number of methoxy groups -OCH3 is 1. The summed E-state index contributed by atoms with van der Waals surface area (Å²) in [4.78, 5) is 35.4. The summed E-state index contributed by atoms with van der Waals surface area (Å²) in [5, 5.41) is 9.57. The van der Waals surface area contributed by atoms with Gasteiger partial charge in [-0.25, -0.2) is 14.2 Å². The minimum atomic E-state index is -1.34. The summed E-state index contributed by atoms with van der Waals surface area (Å²) in [6, 6.07) is 6.88. The molecule has 1 aliphatic heterocycles. The second kappa shape index (κ2) is 9.51. The Morgan fingerprint density at radius 3 is 2.67 bits per heavy atom. The molecule has 10 nitrogen and oxygen atoms in total. The standard InChI is InChI=1S/C29H29FN6O4/c1-3-21-18(27(31)34-29(32)33-21)12-35-9-8-14-10-15(4-7-22(14)35)23-20(30)11-17-24(26(23)40-2)36(16-5-6-16)13-19(25(17)37)28(38)39/h4,7,10-11,13,16H,3,5-6,8-9,12H2,1-2H3,(H,38,39)(H4,31,32,33,34). The minimum absolute atomic E-state index is 0.00716. The maximum Gasteiger partial charge on any atom is 0.341 e. The SMILES string of the molecule is CCc1nc(N)nc(N)c1CN1CCc2cc(-c3c(F)cc4c(=O)c(C(=O)O)cn(C5CC5)c4c3OC)ccc21. The monoisotopic (exact) mass is 544 g/mol. The van der Waals surface area contributed by atoms with Crippen molar-refractivity contribution in [2.45, 2.75) is 45.2 Å². The number of carboxylic acids is 1. The van der Waals surface area contributed by atoms with Crippen LogP contribution in [0.3, 0.4) is 0 Å². The van der Waals surface area contributed by atoms with Gasteiger partial charge in [0, 0.05) is 36.6 Å². The molecule has 1 saturated carbocycles. The number of pyridine rings is 1. The number of ether oxygens (including phenoxy) is 1. The summed E-state index contributed by atoms with van der Waals surface area (Å²) in [6.07, 6.45) is 4.45. The number of halogens is 1. The van der Waals surface area contributed by atoms with E-state index in [0.29, 0.717) is 29.9 Å². The van der Waals surface area contributed by atoms with E-state index in [9.17, 15) is 14.7 Å². The molecule has 0 spiro atoms. The number of rotatable bonds is 7. The lowest BCUT2D eigenvalue weighted by molar-refractivity contribution is 0.0694. The topological polar surface area (TPSA) is 150 Å². The Labute approximate surface area is 229 Å². The summed E-state index contributed by atoms with van der Waals surface area (Å²) in [5.41, 5.74) is 15.8. The number of aromatic nitrogens is 3. The molecule has 5 N–H and O–H groups in total. The number of benzene rings is 2. The number of nitrogens with two attached hydrogens (primary N) is 2. The Hall–Kier alpha value is -4.67. The molecule has 0 bridgehead atoms. The Morgan fingerprint density at radius 2 is 2.00 bits per heavy atom. The van der Waals surface area contributed by atoms with E-state index < -0.39 is 17.2 Å². The molecule has 1 aliphatic carbocycles. The average Bonchev–Trinajstić information content (AvgIpc) is 3.69. The van der Waals surface area contributed by atoms with Crippen LogP contribution in [0.15, 0.2) is 35.3 Å². The highest BCUT2D eigenvalue weighted by Crippen LogP contribution is 2.45. The number of hydrogen-bond donors (Lipinski definition) is 3. The molecule has 11 heteroatoms. The fraction of sp³-hybridized carbons (Fsp3) is 0.310. The van der Waals surface area contributed by atoms with Gasteiger partial charge < -0.3 is 30.8 Å². The van der Waals surface area contributed by atoms with Crippen LogP contribution in [-0.4, -0.2) is 39.3 Å². The molecule has 4 aromatic rings. The van der Waals surface area contributed by atoms with Crippen LogP contribution < -0.4 is 26.5 Å². The Balaban J connectivity index is 1.45. The van der Waals surface area contributed by atoms with Crippen molar-refractivity contribution in [2.24, 2.45) is 0 Å². The third kappa shape index (κ3) is 4.09. The molecule has 0 amide bonds. The number of fused-ring (bicyclic) bond motifs is 2. The second-order valence-corrected chi connectivity index (χ2v) is 10.2. The number of anilines is 3. The fourth-order valence-electron chi connectivity index (χ4n) is 5.73. The van der Waals surface area contributed by atoms with Crippen LogP contribution in [-0.2, 0) is 19.4 Å². The molecule has 1 fully saturated rings. The van der Waals surface area contributed by atoms with Crippen molar-refractivity contribution < 1.29 is 19.0 Å². The van der Waals surface area contributed by atoms with E-state index in [2.05, 4.69) is 14.9 Å². The number of nitrogens with zero attached hydrogens (tertiary/aromatic N) is 4. The third-order valence-corrected chi connectivity index (χ3v) is 7.78. The van der Waals surface area contributed by atoms with Crippen molar-refractivity contribution in [2.75, 3.05) is 30.0 Å². The van der Waals surface area contributed by atoms with E-state index in [1.165, 1.54) is 13.3 Å². The zero-order valence-electron chi connectivity index (χ0n) is 22.2. The van der Waals surface area contributed by atoms with Gasteiger partial charge in [-0.1, -0.05) is 13.0 Å². The van der Waals surface area contributed by atoms with Gasteiger partial charge in [0.2, 0.25) is 11.4 Å². The number of aryl methyl sites for hydroxylation is 1. The average molecular weight is 545 g/mol. The highest BCUT2D eigenvalue weighted by atomic mass is 19.1. The molecule has 2 aromatic carbocycles. The van der Waals surface area contributed by atoms with Crippen molar-refractivity contribution in [3.8, 4) is 16.9 Å². The molecular formula is C29H29FN6O4. The fourth-order valence-corrected chi connectivity index (χ4v) is 5.73. The van der Waals surface area contributed by atoms with Crippen LogP contribution in [0.4, 0.5) is 21.8 Å². The highest BCUT2D eigenvalue weighted by molar-refractivity contribution is 5.98. The van der Waals surface area contributed by atoms with Crippen LogP contribution in [0.5, 0.6) is 5.75 Å². The third-order valence-electron chi connectivity index (χ3n) is 7.78. The number of aromatic carboxylic acids is 1. The summed E-state index contributed by atoms with van der Waals surface area (Å²) in [7, 11) is 1.43. The first-order valence-corrected chi connectivity index (χ1v) is 13.2. The lowest BCUT2D eigenvalue weighted by Gasteiger charge is -2.22. The molecule has 0 unspecified atom stereocenters. The van der Waals surface area contributed by atoms with Crippen LogP contribution in [0.1, 0.15) is 53.0 Å². The molecule has 2 aromatic heterocycles. The summed E-state index contributed by atoms with van der Waals surface area (Å²) >= 11 is 0. The van der Waals surface area contributed by atoms with Crippen LogP contribution in [0.2, 0.25) is 0 Å². The molecule has 0 saturated heterocycles. The van der Waals surface area contributed by atoms with E-state index >= 15 is 4.39 Å². The van der Waals surface area contributed by atoms with Crippen molar-refractivity contribution >= 4 is 34.3 Å². The molecule has 0 atom stereocenters. The predicted molar refractivity (Wildman–Crippen MR) is 150 cm³/mol. The minimum Gasteiger partial charge on any atom is -0.494 e. The van der Waals surface area contributed by atoms with Gasteiger partial charge in [-0.15, -0.1) is 0 Å². The van der Waals surface area contributed by atoms with Gasteiger partial charge in [-0.2, -0.15) is 4.98 Å². The first-order valence-electron chi connectivity index (χ1n) is 13.2. The van der Waals surface area contributed by atoms with Crippen molar-refractivity contribution in [3.63, 3.8) is 0 Å². The smallest absolute Gasteiger partial charge is 0.341 e. The molecule has 6 rings (SSSR count). The number of hydrogen-bond acceptors (Lipinski definition) is 8. The molecule has 3 heterocycles. The van der Waals surface area contributed by atoms with Gasteiger partial charge in [0.1, 0.15) is 17.2 Å². The van der Waals surface area contributed by atoms with Gasteiger partial charge in [0.15, 0.2) is 5.75 Å². The van der Waals surface area contributed by atoms with E-state index in [1.54, 1.807) is 4.57 Å². The zero-order valence-corrected chi connectivity index (χ0v) is 22.2. The maximum absolute atomic E-state index is 15.8. The second-order valence-electron chi connectivity index (χ2n) is 10.2. The number of carbonyl (C=O) groups is 1. The van der Waals surface area contributed by atoms with Crippen molar-refractivity contribution in [1.82, 2.24) is 14.5 Å². The van der Waals surface area contributed by atoms with Gasteiger partial charge in [-0.3, -0.25) is 4.79 Å². The van der Waals surface area contributed by atoms with Gasteiger partial charge in [-0.05, 0) is 55.0 Å². The summed E-state index contributed by atoms with van der Waals surface area (Å²) in [6.45, 7) is 3.25. The summed E-state index contributed by atoms with van der Waals surface area (Å²) in [5.74, 6) is -1.26. The van der Waals surface area contributed by atoms with E-state index in [1.807, 2.05) is 25.1 Å². The largest absolute Gasteiger partial charge is 0.494 e. The van der Waals surface area contributed by atoms with E-state index in [-0.39, 0.29) is 34.3 Å². The lowest BCUT2D eigenvalue weighted by atomic mass is 9.97. The van der Waals surface area contributed by atoms with Crippen LogP contribution in [0, 0.1) is 5.82 Å². The van der Waals surface area contributed by atoms with Gasteiger partial charge in [0.05, 0.1) is 29.3 Å². The van der Waals surface area contributed by atoms with E-state index in [4.69, 9.17) is 16.2 Å². The van der Waals surface area contributed by atoms with Crippen LogP contribution in [0.25, 0.3) is 22.0 Å². The lowest BCUT2D eigenvalue weighted by Crippen LogP contribution is -2.22. The maximum atomic E-state index is 15.8. The first-order chi connectivity index (χ1) is 19.2. The zero-order chi connectivity index (χ0) is 28.3. The molecule has 0 radical (unpaired) electrons. The molecule has 2 aliphatic rings. The molecular weight excluding hydrogens is 515 g/mol. The first kappa shape index (κ1) is 25.6. The number of carboxylic acid groups (broad SMARTS) is 1. The number of nitrogen functional groups attached to an aromatic ring is 2. The van der Waals surface area contributed by atoms with Crippen molar-refractivity contribution in [1.29, 1.82) is 0 Å². The molecule has 206 valence electrons. The predicted octanol–water partition coefficient (Wildman–Crippen LogP) is 3.93. The highest BCUT2D eigenvalue weighted by Gasteiger charge is 2.31. The Bertz CT molecular complexity index is 1760. The Kier molecular flexibility index (Phi) is 6.09. The van der Waals surface area contributed by atoms with E-state index in [0.717, 1.165) is 54.4 Å². The Morgan fingerprint density at radius 1 is 1.23 bits per heavy atom. The van der Waals surface area contributed by atoms with Crippen LogP contribution >= 0.6 is 0 Å². The normalized spacial score (nSPS) is 14.5.